The van der Waals surface area contributed by atoms with E-state index >= 15 is 0 Å². The average molecular weight is 364 g/mol. The second-order valence-electron chi connectivity index (χ2n) is 5.91. The van der Waals surface area contributed by atoms with Gasteiger partial charge in [-0.15, -0.1) is 0 Å². The highest BCUT2D eigenvalue weighted by molar-refractivity contribution is 6.35. The van der Waals surface area contributed by atoms with E-state index in [2.05, 4.69) is 15.2 Å². The van der Waals surface area contributed by atoms with Crippen LogP contribution in [-0.4, -0.2) is 24.0 Å². The molecule has 126 valence electrons. The molecule has 6 heteroatoms. The topological polar surface area (TPSA) is 45.2 Å². The van der Waals surface area contributed by atoms with Crippen LogP contribution in [0.2, 0.25) is 10.0 Å². The summed E-state index contributed by atoms with van der Waals surface area (Å²) >= 11 is 12.1. The van der Waals surface area contributed by atoms with Crippen molar-refractivity contribution in [3.63, 3.8) is 0 Å². The molecule has 0 unspecified atom stereocenters. The van der Waals surface area contributed by atoms with Crippen LogP contribution in [0.15, 0.2) is 36.7 Å². The molecule has 1 amide bonds. The minimum atomic E-state index is -0.247. The molecule has 1 N–H and O–H groups in total. The summed E-state index contributed by atoms with van der Waals surface area (Å²) in [7, 11) is 0. The highest BCUT2D eigenvalue weighted by Crippen LogP contribution is 2.26. The van der Waals surface area contributed by atoms with E-state index in [9.17, 15) is 4.79 Å². The van der Waals surface area contributed by atoms with Crippen LogP contribution in [0.1, 0.15) is 36.0 Å². The van der Waals surface area contributed by atoms with Gasteiger partial charge in [0.2, 0.25) is 0 Å². The number of carbonyl (C=O) groups excluding carboxylic acids is 1. The zero-order valence-corrected chi connectivity index (χ0v) is 14.8. The number of halogens is 2. The first-order chi connectivity index (χ1) is 11.6. The number of nitrogens with zero attached hydrogens (tertiary/aromatic N) is 2. The first-order valence-electron chi connectivity index (χ1n) is 8.10. The Morgan fingerprint density at radius 3 is 2.54 bits per heavy atom. The summed E-state index contributed by atoms with van der Waals surface area (Å²) in [5, 5.41) is 3.76. The molecule has 2 aromatic rings. The maximum Gasteiger partial charge on any atom is 0.257 e. The van der Waals surface area contributed by atoms with Gasteiger partial charge in [0.05, 0.1) is 28.2 Å². The van der Waals surface area contributed by atoms with Crippen molar-refractivity contribution in [3.05, 3.63) is 52.3 Å². The van der Waals surface area contributed by atoms with Crippen LogP contribution in [0.5, 0.6) is 0 Å². The average Bonchev–Trinajstić information content (AvgIpc) is 2.87. The SMILES string of the molecule is O=C(Nc1cc(Cl)ccc1Cl)c1cncc(N2CCCCCC2)c1. The van der Waals surface area contributed by atoms with Gasteiger partial charge < -0.3 is 10.2 Å². The highest BCUT2D eigenvalue weighted by Gasteiger charge is 2.14. The van der Waals surface area contributed by atoms with Crippen molar-refractivity contribution in [3.8, 4) is 0 Å². The summed E-state index contributed by atoms with van der Waals surface area (Å²) in [5.41, 5.74) is 1.99. The standard InChI is InChI=1S/C18H19Cl2N3O/c19-14-5-6-16(20)17(10-14)22-18(24)13-9-15(12-21-11-13)23-7-3-1-2-4-8-23/h5-6,9-12H,1-4,7-8H2,(H,22,24). The third-order valence-electron chi connectivity index (χ3n) is 4.13. The number of hydrogen-bond acceptors (Lipinski definition) is 3. The fourth-order valence-electron chi connectivity index (χ4n) is 2.84. The Bertz CT molecular complexity index is 728. The summed E-state index contributed by atoms with van der Waals surface area (Å²) in [4.78, 5) is 19.0. The Balaban J connectivity index is 1.77. The molecule has 0 radical (unpaired) electrons. The molecule has 24 heavy (non-hydrogen) atoms. The smallest absolute Gasteiger partial charge is 0.257 e. The Morgan fingerprint density at radius 2 is 1.79 bits per heavy atom. The first kappa shape index (κ1) is 17.1. The van der Waals surface area contributed by atoms with E-state index in [4.69, 9.17) is 23.2 Å². The van der Waals surface area contributed by atoms with Gasteiger partial charge in [-0.25, -0.2) is 0 Å². The van der Waals surface area contributed by atoms with Crippen LogP contribution in [0.3, 0.4) is 0 Å². The number of carbonyl (C=O) groups is 1. The van der Waals surface area contributed by atoms with Gasteiger partial charge in [-0.1, -0.05) is 36.0 Å². The molecule has 0 saturated carbocycles. The maximum atomic E-state index is 12.5. The van der Waals surface area contributed by atoms with Crippen molar-refractivity contribution in [2.45, 2.75) is 25.7 Å². The van der Waals surface area contributed by atoms with Crippen LogP contribution < -0.4 is 10.2 Å². The van der Waals surface area contributed by atoms with Gasteiger partial charge >= 0.3 is 0 Å². The summed E-state index contributed by atoms with van der Waals surface area (Å²) in [6.45, 7) is 2.01. The minimum absolute atomic E-state index is 0.247. The monoisotopic (exact) mass is 363 g/mol. The fourth-order valence-corrected chi connectivity index (χ4v) is 3.18. The quantitative estimate of drug-likeness (QED) is 0.832. The molecule has 4 nitrogen and oxygen atoms in total. The third kappa shape index (κ3) is 4.19. The normalized spacial score (nSPS) is 15.0. The van der Waals surface area contributed by atoms with E-state index in [-0.39, 0.29) is 5.91 Å². The Labute approximate surface area is 151 Å². The maximum absolute atomic E-state index is 12.5. The van der Waals surface area contributed by atoms with Crippen molar-refractivity contribution in [1.29, 1.82) is 0 Å². The molecular weight excluding hydrogens is 345 g/mol. The molecule has 1 saturated heterocycles. The van der Waals surface area contributed by atoms with Gasteiger partial charge in [0.15, 0.2) is 0 Å². The minimum Gasteiger partial charge on any atom is -0.370 e. The molecule has 1 aromatic carbocycles. The molecule has 0 atom stereocenters. The molecule has 3 rings (SSSR count). The van der Waals surface area contributed by atoms with Gasteiger partial charge in [0, 0.05) is 24.3 Å². The predicted octanol–water partition coefficient (Wildman–Crippen LogP) is 5.02. The van der Waals surface area contributed by atoms with Crippen LogP contribution in [0.25, 0.3) is 0 Å². The molecule has 0 aliphatic carbocycles. The lowest BCUT2D eigenvalue weighted by Crippen LogP contribution is -2.24. The van der Waals surface area contributed by atoms with Gasteiger partial charge in [-0.2, -0.15) is 0 Å². The van der Waals surface area contributed by atoms with Gasteiger partial charge in [-0.3, -0.25) is 9.78 Å². The zero-order valence-electron chi connectivity index (χ0n) is 13.3. The third-order valence-corrected chi connectivity index (χ3v) is 4.70. The number of pyridine rings is 1. The molecule has 1 aromatic heterocycles. The number of rotatable bonds is 3. The summed E-state index contributed by atoms with van der Waals surface area (Å²) in [6.07, 6.45) is 8.25. The lowest BCUT2D eigenvalue weighted by atomic mass is 10.2. The van der Waals surface area contributed by atoms with E-state index in [0.29, 0.717) is 21.3 Å². The number of amides is 1. The van der Waals surface area contributed by atoms with Crippen LogP contribution >= 0.6 is 23.2 Å². The summed E-state index contributed by atoms with van der Waals surface area (Å²) < 4.78 is 0. The van der Waals surface area contributed by atoms with Crippen molar-refractivity contribution in [2.24, 2.45) is 0 Å². The lowest BCUT2D eigenvalue weighted by molar-refractivity contribution is 0.102. The van der Waals surface area contributed by atoms with E-state index in [0.717, 1.165) is 18.8 Å². The molecule has 0 spiro atoms. The zero-order chi connectivity index (χ0) is 16.9. The number of nitrogens with one attached hydrogen (secondary N) is 1. The molecule has 0 bridgehead atoms. The predicted molar refractivity (Wildman–Crippen MR) is 99.3 cm³/mol. The molecule has 1 fully saturated rings. The largest absolute Gasteiger partial charge is 0.370 e. The number of aromatic nitrogens is 1. The van der Waals surface area contributed by atoms with Crippen molar-refractivity contribution < 1.29 is 4.79 Å². The second kappa shape index (κ2) is 7.86. The molecule has 2 heterocycles. The van der Waals surface area contributed by atoms with Crippen LogP contribution in [-0.2, 0) is 0 Å². The molecule has 1 aliphatic heterocycles. The van der Waals surface area contributed by atoms with Gasteiger partial charge in [0.25, 0.3) is 5.91 Å². The second-order valence-corrected chi connectivity index (χ2v) is 6.76. The van der Waals surface area contributed by atoms with E-state index < -0.39 is 0 Å². The molecular formula is C18H19Cl2N3O. The summed E-state index contributed by atoms with van der Waals surface area (Å²) in [5.74, 6) is -0.247. The number of anilines is 2. The van der Waals surface area contributed by atoms with Crippen molar-refractivity contribution in [2.75, 3.05) is 23.3 Å². The molecule has 1 aliphatic rings. The van der Waals surface area contributed by atoms with Crippen molar-refractivity contribution in [1.82, 2.24) is 4.98 Å². The lowest BCUT2D eigenvalue weighted by Gasteiger charge is -2.22. The highest BCUT2D eigenvalue weighted by atomic mass is 35.5. The van der Waals surface area contributed by atoms with Gasteiger partial charge in [0.1, 0.15) is 0 Å². The van der Waals surface area contributed by atoms with E-state index in [1.807, 2.05) is 12.3 Å². The Kier molecular flexibility index (Phi) is 5.59. The van der Waals surface area contributed by atoms with Gasteiger partial charge in [-0.05, 0) is 37.1 Å². The van der Waals surface area contributed by atoms with E-state index in [1.165, 1.54) is 25.7 Å². The van der Waals surface area contributed by atoms with Crippen LogP contribution in [0.4, 0.5) is 11.4 Å². The fraction of sp³-hybridized carbons (Fsp3) is 0.333. The number of benzene rings is 1. The summed E-state index contributed by atoms with van der Waals surface area (Å²) in [6, 6.07) is 6.85. The van der Waals surface area contributed by atoms with E-state index in [1.54, 1.807) is 24.4 Å². The Morgan fingerprint density at radius 1 is 1.04 bits per heavy atom. The van der Waals surface area contributed by atoms with Crippen LogP contribution in [0, 0.1) is 0 Å². The van der Waals surface area contributed by atoms with Crippen molar-refractivity contribution >= 4 is 40.5 Å². The Hall–Kier alpha value is -1.78. The first-order valence-corrected chi connectivity index (χ1v) is 8.85. The number of hydrogen-bond donors (Lipinski definition) is 1.